The van der Waals surface area contributed by atoms with Crippen molar-refractivity contribution >= 4 is 0 Å². The lowest BCUT2D eigenvalue weighted by Crippen LogP contribution is -2.12. The van der Waals surface area contributed by atoms with E-state index in [1.807, 2.05) is 18.3 Å². The third-order valence-corrected chi connectivity index (χ3v) is 2.04. The Kier molecular flexibility index (Phi) is 3.04. The monoisotopic (exact) mass is 203 g/mol. The summed E-state index contributed by atoms with van der Waals surface area (Å²) in [5, 5.41) is 7.25. The molecule has 0 saturated carbocycles. The number of hydrogen-bond donors (Lipinski definition) is 1. The van der Waals surface area contributed by atoms with Gasteiger partial charge in [0.1, 0.15) is 12.7 Å². The average Bonchev–Trinajstić information content (AvgIpc) is 2.80. The van der Waals surface area contributed by atoms with Crippen LogP contribution in [0.15, 0.2) is 31.0 Å². The van der Waals surface area contributed by atoms with Gasteiger partial charge in [-0.2, -0.15) is 5.10 Å². The molecule has 2 heterocycles. The number of pyridine rings is 1. The predicted octanol–water partition coefficient (Wildman–Crippen LogP) is 0.772. The van der Waals surface area contributed by atoms with E-state index >= 15 is 0 Å². The van der Waals surface area contributed by atoms with Crippen LogP contribution in [0, 0.1) is 0 Å². The standard InChI is InChI=1S/C10H13N5/c1-2-11-5-9-3-4-10(13-6-9)15-8-12-7-14-15/h3-4,6-8,11H,2,5H2,1H3. The SMILES string of the molecule is CCNCc1ccc(-n2cncn2)nc1. The zero-order valence-corrected chi connectivity index (χ0v) is 8.59. The largest absolute Gasteiger partial charge is 0.313 e. The first-order valence-electron chi connectivity index (χ1n) is 4.91. The summed E-state index contributed by atoms with van der Waals surface area (Å²) in [6, 6.07) is 3.97. The Morgan fingerprint density at radius 1 is 1.40 bits per heavy atom. The van der Waals surface area contributed by atoms with Gasteiger partial charge >= 0.3 is 0 Å². The molecule has 15 heavy (non-hydrogen) atoms. The Morgan fingerprint density at radius 2 is 2.33 bits per heavy atom. The molecule has 1 N–H and O–H groups in total. The van der Waals surface area contributed by atoms with Gasteiger partial charge in [0.15, 0.2) is 5.82 Å². The highest BCUT2D eigenvalue weighted by Crippen LogP contribution is 2.03. The second-order valence-electron chi connectivity index (χ2n) is 3.15. The highest BCUT2D eigenvalue weighted by molar-refractivity contribution is 5.23. The molecule has 0 amide bonds. The summed E-state index contributed by atoms with van der Waals surface area (Å²) in [5.41, 5.74) is 1.17. The fourth-order valence-electron chi connectivity index (χ4n) is 1.25. The first-order chi connectivity index (χ1) is 7.40. The minimum atomic E-state index is 0.785. The summed E-state index contributed by atoms with van der Waals surface area (Å²) in [4.78, 5) is 8.16. The molecule has 0 atom stereocenters. The topological polar surface area (TPSA) is 55.6 Å². The Morgan fingerprint density at radius 3 is 2.93 bits per heavy atom. The quantitative estimate of drug-likeness (QED) is 0.797. The molecular weight excluding hydrogens is 190 g/mol. The molecule has 0 aromatic carbocycles. The highest BCUT2D eigenvalue weighted by atomic mass is 15.3. The maximum Gasteiger partial charge on any atom is 0.155 e. The van der Waals surface area contributed by atoms with Crippen molar-refractivity contribution in [2.45, 2.75) is 13.5 Å². The molecule has 0 spiro atoms. The molecule has 0 bridgehead atoms. The van der Waals surface area contributed by atoms with Gasteiger partial charge in [-0.1, -0.05) is 13.0 Å². The molecule has 0 saturated heterocycles. The van der Waals surface area contributed by atoms with Crippen LogP contribution in [0.25, 0.3) is 5.82 Å². The van der Waals surface area contributed by atoms with Crippen LogP contribution in [-0.2, 0) is 6.54 Å². The van der Waals surface area contributed by atoms with E-state index < -0.39 is 0 Å². The number of nitrogens with one attached hydrogen (secondary N) is 1. The van der Waals surface area contributed by atoms with E-state index in [0.717, 1.165) is 18.9 Å². The van der Waals surface area contributed by atoms with E-state index in [0.29, 0.717) is 0 Å². The van der Waals surface area contributed by atoms with Crippen LogP contribution in [0.2, 0.25) is 0 Å². The number of hydrogen-bond acceptors (Lipinski definition) is 4. The Labute approximate surface area is 88.2 Å². The van der Waals surface area contributed by atoms with Crippen molar-refractivity contribution < 1.29 is 0 Å². The maximum absolute atomic E-state index is 4.29. The summed E-state index contributed by atoms with van der Waals surface area (Å²) in [5.74, 6) is 0.785. The van der Waals surface area contributed by atoms with E-state index in [1.54, 1.807) is 11.0 Å². The zero-order chi connectivity index (χ0) is 10.5. The molecule has 0 aliphatic carbocycles. The maximum atomic E-state index is 4.29. The van der Waals surface area contributed by atoms with Crippen LogP contribution in [0.4, 0.5) is 0 Å². The molecule has 0 radical (unpaired) electrons. The van der Waals surface area contributed by atoms with Crippen molar-refractivity contribution in [1.29, 1.82) is 0 Å². The fourth-order valence-corrected chi connectivity index (χ4v) is 1.25. The average molecular weight is 203 g/mol. The van der Waals surface area contributed by atoms with Crippen LogP contribution in [0.5, 0.6) is 0 Å². The molecule has 78 valence electrons. The van der Waals surface area contributed by atoms with Gasteiger partial charge in [0, 0.05) is 12.7 Å². The summed E-state index contributed by atoms with van der Waals surface area (Å²) >= 11 is 0. The molecule has 5 nitrogen and oxygen atoms in total. The van der Waals surface area contributed by atoms with E-state index in [-0.39, 0.29) is 0 Å². The number of rotatable bonds is 4. The van der Waals surface area contributed by atoms with Crippen molar-refractivity contribution in [2.24, 2.45) is 0 Å². The van der Waals surface area contributed by atoms with Crippen LogP contribution >= 0.6 is 0 Å². The lowest BCUT2D eigenvalue weighted by Gasteiger charge is -2.03. The smallest absolute Gasteiger partial charge is 0.155 e. The van der Waals surface area contributed by atoms with Gasteiger partial charge in [0.2, 0.25) is 0 Å². The van der Waals surface area contributed by atoms with Crippen LogP contribution in [0.3, 0.4) is 0 Å². The fraction of sp³-hybridized carbons (Fsp3) is 0.300. The number of aromatic nitrogens is 4. The van der Waals surface area contributed by atoms with E-state index in [2.05, 4.69) is 27.3 Å². The van der Waals surface area contributed by atoms with Crippen molar-refractivity contribution in [1.82, 2.24) is 25.1 Å². The highest BCUT2D eigenvalue weighted by Gasteiger charge is 1.98. The first kappa shape index (κ1) is 9.79. The third-order valence-electron chi connectivity index (χ3n) is 2.04. The first-order valence-corrected chi connectivity index (χ1v) is 4.91. The van der Waals surface area contributed by atoms with E-state index in [9.17, 15) is 0 Å². The third kappa shape index (κ3) is 2.38. The Hall–Kier alpha value is -1.75. The van der Waals surface area contributed by atoms with E-state index in [4.69, 9.17) is 0 Å². The normalized spacial score (nSPS) is 10.5. The van der Waals surface area contributed by atoms with Crippen molar-refractivity contribution in [3.8, 4) is 5.82 Å². The lowest BCUT2D eigenvalue weighted by molar-refractivity contribution is 0.722. The van der Waals surface area contributed by atoms with Gasteiger partial charge in [-0.25, -0.2) is 14.6 Å². The van der Waals surface area contributed by atoms with Gasteiger partial charge in [-0.05, 0) is 18.2 Å². The summed E-state index contributed by atoms with van der Waals surface area (Å²) < 4.78 is 1.64. The Balaban J connectivity index is 2.11. The number of nitrogens with zero attached hydrogens (tertiary/aromatic N) is 4. The summed E-state index contributed by atoms with van der Waals surface area (Å²) in [6.07, 6.45) is 4.97. The van der Waals surface area contributed by atoms with Gasteiger partial charge in [0.05, 0.1) is 0 Å². The molecule has 2 aromatic rings. The van der Waals surface area contributed by atoms with E-state index in [1.165, 1.54) is 11.9 Å². The van der Waals surface area contributed by atoms with Crippen molar-refractivity contribution in [3.63, 3.8) is 0 Å². The molecule has 0 fully saturated rings. The summed E-state index contributed by atoms with van der Waals surface area (Å²) in [6.45, 7) is 3.89. The van der Waals surface area contributed by atoms with Crippen LogP contribution in [-0.4, -0.2) is 26.3 Å². The molecule has 2 rings (SSSR count). The lowest BCUT2D eigenvalue weighted by atomic mass is 10.3. The van der Waals surface area contributed by atoms with Gasteiger partial charge < -0.3 is 5.32 Å². The minimum absolute atomic E-state index is 0.785. The molecule has 0 aliphatic rings. The Bertz CT molecular complexity index is 392. The minimum Gasteiger partial charge on any atom is -0.313 e. The predicted molar refractivity (Wildman–Crippen MR) is 56.5 cm³/mol. The zero-order valence-electron chi connectivity index (χ0n) is 8.59. The summed E-state index contributed by atoms with van der Waals surface area (Å²) in [7, 11) is 0. The van der Waals surface area contributed by atoms with Gasteiger partial charge in [-0.15, -0.1) is 0 Å². The van der Waals surface area contributed by atoms with Gasteiger partial charge in [0.25, 0.3) is 0 Å². The van der Waals surface area contributed by atoms with Crippen molar-refractivity contribution in [2.75, 3.05) is 6.54 Å². The second kappa shape index (κ2) is 4.65. The second-order valence-corrected chi connectivity index (χ2v) is 3.15. The van der Waals surface area contributed by atoms with Gasteiger partial charge in [-0.3, -0.25) is 0 Å². The molecular formula is C10H13N5. The molecule has 0 aliphatic heterocycles. The molecule has 5 heteroatoms. The molecule has 2 aromatic heterocycles. The van der Waals surface area contributed by atoms with Crippen LogP contribution < -0.4 is 5.32 Å². The van der Waals surface area contributed by atoms with Crippen molar-refractivity contribution in [3.05, 3.63) is 36.5 Å². The molecule has 0 unspecified atom stereocenters. The van der Waals surface area contributed by atoms with Crippen LogP contribution in [0.1, 0.15) is 12.5 Å².